The van der Waals surface area contributed by atoms with Crippen LogP contribution in [0.2, 0.25) is 0 Å². The lowest BCUT2D eigenvalue weighted by Crippen LogP contribution is -2.33. The first-order valence-corrected chi connectivity index (χ1v) is 9.65. The first kappa shape index (κ1) is 16.2. The quantitative estimate of drug-likeness (QED) is 0.717. The Bertz CT molecular complexity index is 1020. The van der Waals surface area contributed by atoms with Gasteiger partial charge in [-0.15, -0.1) is 11.3 Å². The van der Waals surface area contributed by atoms with E-state index >= 15 is 0 Å². The number of hydrazone groups is 1. The second-order valence-electron chi connectivity index (χ2n) is 6.53. The summed E-state index contributed by atoms with van der Waals surface area (Å²) in [5, 5.41) is 19.6. The number of benzene rings is 2. The van der Waals surface area contributed by atoms with E-state index in [-0.39, 0.29) is 11.8 Å². The Balaban J connectivity index is 1.63. The molecule has 0 bridgehead atoms. The Hall–Kier alpha value is -2.99. The topological polar surface area (TPSA) is 54.3 Å². The van der Waals surface area contributed by atoms with Crippen LogP contribution in [0.4, 0.5) is 0 Å². The van der Waals surface area contributed by atoms with Gasteiger partial charge in [0.2, 0.25) is 6.23 Å². The molecule has 2 aliphatic heterocycles. The van der Waals surface area contributed by atoms with Gasteiger partial charge in [0.1, 0.15) is 5.75 Å². The summed E-state index contributed by atoms with van der Waals surface area (Å²) in [6, 6.07) is 17.7. The number of aromatic hydroxyl groups is 1. The maximum absolute atomic E-state index is 10.7. The van der Waals surface area contributed by atoms with E-state index in [2.05, 4.69) is 17.5 Å². The molecule has 3 aromatic rings. The van der Waals surface area contributed by atoms with Gasteiger partial charge < -0.3 is 14.6 Å². The summed E-state index contributed by atoms with van der Waals surface area (Å²) in [5.74, 6) is 1.34. The van der Waals surface area contributed by atoms with Crippen LogP contribution in [0.5, 0.6) is 17.2 Å². The standard InChI is InChI=1S/C21H18N2O3S/c1-25-18-9-4-7-14(20(18)24)21-23-16(13-6-2-3-8-17(13)26-21)12-15(22-23)19-10-5-11-27-19/h2-11,16,21,24H,12H2,1H3/t16-,21+/m1/s1. The number of para-hydroxylation sites is 2. The van der Waals surface area contributed by atoms with Gasteiger partial charge in [0, 0.05) is 12.0 Å². The molecule has 0 unspecified atom stereocenters. The highest BCUT2D eigenvalue weighted by Gasteiger charge is 2.42. The molecule has 0 radical (unpaired) electrons. The molecule has 1 N–H and O–H groups in total. The zero-order valence-electron chi connectivity index (χ0n) is 14.7. The number of hydrogen-bond acceptors (Lipinski definition) is 6. The highest BCUT2D eigenvalue weighted by atomic mass is 32.1. The molecule has 27 heavy (non-hydrogen) atoms. The minimum absolute atomic E-state index is 0.0719. The fourth-order valence-corrected chi connectivity index (χ4v) is 4.46. The van der Waals surface area contributed by atoms with Crippen LogP contribution in [0.3, 0.4) is 0 Å². The van der Waals surface area contributed by atoms with Crippen molar-refractivity contribution in [2.75, 3.05) is 7.11 Å². The number of rotatable bonds is 3. The van der Waals surface area contributed by atoms with E-state index < -0.39 is 6.23 Å². The second kappa shape index (κ2) is 6.32. The molecular formula is C21H18N2O3S. The molecule has 5 rings (SSSR count). The Kier molecular flexibility index (Phi) is 3.79. The van der Waals surface area contributed by atoms with Crippen molar-refractivity contribution in [3.63, 3.8) is 0 Å². The summed E-state index contributed by atoms with van der Waals surface area (Å²) < 4.78 is 11.6. The molecule has 6 heteroatoms. The predicted octanol–water partition coefficient (Wildman–Crippen LogP) is 4.70. The van der Waals surface area contributed by atoms with E-state index in [1.807, 2.05) is 41.4 Å². The molecule has 0 saturated carbocycles. The molecule has 136 valence electrons. The summed E-state index contributed by atoms with van der Waals surface area (Å²) in [7, 11) is 1.54. The fourth-order valence-electron chi connectivity index (χ4n) is 3.73. The maximum Gasteiger partial charge on any atom is 0.217 e. The Morgan fingerprint density at radius 2 is 1.96 bits per heavy atom. The van der Waals surface area contributed by atoms with Crippen molar-refractivity contribution in [1.82, 2.24) is 5.01 Å². The third-order valence-electron chi connectivity index (χ3n) is 5.02. The SMILES string of the molecule is COc1cccc([C@@H]2Oc3ccccc3[C@H]3CC(c4cccs4)=NN32)c1O. The first-order chi connectivity index (χ1) is 13.3. The van der Waals surface area contributed by atoms with E-state index in [0.29, 0.717) is 11.3 Å². The normalized spacial score (nSPS) is 20.5. The minimum Gasteiger partial charge on any atom is -0.504 e. The molecular weight excluding hydrogens is 360 g/mol. The zero-order valence-corrected chi connectivity index (χ0v) is 15.5. The third-order valence-corrected chi connectivity index (χ3v) is 5.94. The molecule has 2 atom stereocenters. The van der Waals surface area contributed by atoms with Gasteiger partial charge in [-0.25, -0.2) is 5.01 Å². The lowest BCUT2D eigenvalue weighted by molar-refractivity contribution is -0.0205. The van der Waals surface area contributed by atoms with E-state index in [4.69, 9.17) is 14.6 Å². The average Bonchev–Trinajstić information content (AvgIpc) is 3.37. The highest BCUT2D eigenvalue weighted by Crippen LogP contribution is 2.49. The van der Waals surface area contributed by atoms with E-state index in [9.17, 15) is 5.11 Å². The van der Waals surface area contributed by atoms with Gasteiger partial charge in [-0.05, 0) is 29.6 Å². The second-order valence-corrected chi connectivity index (χ2v) is 7.48. The van der Waals surface area contributed by atoms with E-state index in [1.165, 1.54) is 0 Å². The lowest BCUT2D eigenvalue weighted by atomic mass is 9.97. The fraction of sp³-hybridized carbons (Fsp3) is 0.190. The molecule has 5 nitrogen and oxygen atoms in total. The van der Waals surface area contributed by atoms with Crippen LogP contribution in [0.15, 0.2) is 65.1 Å². The van der Waals surface area contributed by atoms with Gasteiger partial charge in [0.25, 0.3) is 0 Å². The van der Waals surface area contributed by atoms with E-state index in [1.54, 1.807) is 24.5 Å². The summed E-state index contributed by atoms with van der Waals surface area (Å²) in [4.78, 5) is 1.16. The zero-order chi connectivity index (χ0) is 18.4. The summed E-state index contributed by atoms with van der Waals surface area (Å²) in [6.45, 7) is 0. The summed E-state index contributed by atoms with van der Waals surface area (Å²) >= 11 is 1.69. The molecule has 3 heterocycles. The number of fused-ring (bicyclic) bond motifs is 3. The molecule has 0 saturated heterocycles. The van der Waals surface area contributed by atoms with Crippen LogP contribution in [0, 0.1) is 0 Å². The van der Waals surface area contributed by atoms with Crippen LogP contribution in [-0.4, -0.2) is 22.9 Å². The number of ether oxygens (including phenoxy) is 2. The Labute approximate surface area is 161 Å². The third kappa shape index (κ3) is 2.56. The number of phenols is 1. The lowest BCUT2D eigenvalue weighted by Gasteiger charge is -2.38. The largest absolute Gasteiger partial charge is 0.504 e. The Morgan fingerprint density at radius 1 is 1.11 bits per heavy atom. The van der Waals surface area contributed by atoms with Gasteiger partial charge in [-0.1, -0.05) is 30.3 Å². The molecule has 2 aliphatic rings. The number of thiophene rings is 1. The Morgan fingerprint density at radius 3 is 2.78 bits per heavy atom. The first-order valence-electron chi connectivity index (χ1n) is 8.77. The summed E-state index contributed by atoms with van der Waals surface area (Å²) in [6.07, 6.45) is 0.291. The molecule has 0 spiro atoms. The van der Waals surface area contributed by atoms with Gasteiger partial charge in [0.15, 0.2) is 11.5 Å². The highest BCUT2D eigenvalue weighted by molar-refractivity contribution is 7.12. The number of methoxy groups -OCH3 is 1. The van der Waals surface area contributed by atoms with Gasteiger partial charge in [-0.3, -0.25) is 0 Å². The van der Waals surface area contributed by atoms with Crippen molar-refractivity contribution in [3.05, 3.63) is 76.0 Å². The van der Waals surface area contributed by atoms with Crippen LogP contribution in [-0.2, 0) is 0 Å². The van der Waals surface area contributed by atoms with Crippen molar-refractivity contribution < 1.29 is 14.6 Å². The minimum atomic E-state index is -0.516. The van der Waals surface area contributed by atoms with Crippen LogP contribution >= 0.6 is 11.3 Å². The van der Waals surface area contributed by atoms with Gasteiger partial charge in [-0.2, -0.15) is 5.10 Å². The number of phenolic OH excluding ortho intramolecular Hbond substituents is 1. The van der Waals surface area contributed by atoms with Crippen molar-refractivity contribution in [2.24, 2.45) is 5.10 Å². The van der Waals surface area contributed by atoms with Crippen LogP contribution in [0.1, 0.15) is 34.7 Å². The number of hydrogen-bond donors (Lipinski definition) is 1. The summed E-state index contributed by atoms with van der Waals surface area (Å²) in [5.41, 5.74) is 2.80. The molecule has 1 aromatic heterocycles. The average molecular weight is 378 g/mol. The maximum atomic E-state index is 10.7. The van der Waals surface area contributed by atoms with Crippen molar-refractivity contribution >= 4 is 17.0 Å². The molecule has 0 amide bonds. The van der Waals surface area contributed by atoms with E-state index in [0.717, 1.165) is 28.3 Å². The van der Waals surface area contributed by atoms with Crippen molar-refractivity contribution in [3.8, 4) is 17.2 Å². The molecule has 0 aliphatic carbocycles. The van der Waals surface area contributed by atoms with Gasteiger partial charge >= 0.3 is 0 Å². The molecule has 0 fully saturated rings. The smallest absolute Gasteiger partial charge is 0.217 e. The number of nitrogens with zero attached hydrogens (tertiary/aromatic N) is 2. The van der Waals surface area contributed by atoms with Crippen LogP contribution in [0.25, 0.3) is 0 Å². The monoisotopic (exact) mass is 378 g/mol. The van der Waals surface area contributed by atoms with Crippen LogP contribution < -0.4 is 9.47 Å². The van der Waals surface area contributed by atoms with Crippen molar-refractivity contribution in [2.45, 2.75) is 18.7 Å². The molecule has 2 aromatic carbocycles. The van der Waals surface area contributed by atoms with Gasteiger partial charge in [0.05, 0.1) is 29.3 Å². The predicted molar refractivity (Wildman–Crippen MR) is 105 cm³/mol. The van der Waals surface area contributed by atoms with Crippen molar-refractivity contribution in [1.29, 1.82) is 0 Å².